The Kier molecular flexibility index (Phi) is 7.82. The van der Waals surface area contributed by atoms with Crippen molar-refractivity contribution in [3.05, 3.63) is 70.3 Å². The average Bonchev–Trinajstić information content (AvgIpc) is 3.65. The van der Waals surface area contributed by atoms with Crippen molar-refractivity contribution < 1.29 is 23.5 Å². The molecule has 1 unspecified atom stereocenters. The lowest BCUT2D eigenvalue weighted by Crippen LogP contribution is -2.40. The van der Waals surface area contributed by atoms with Crippen LogP contribution in [0.5, 0.6) is 11.5 Å². The molecule has 7 rings (SSSR count). The fourth-order valence-electron chi connectivity index (χ4n) is 7.14. The smallest absolute Gasteiger partial charge is 0.407 e. The van der Waals surface area contributed by atoms with Gasteiger partial charge in [-0.2, -0.15) is 0 Å². The fraction of sp³-hybridized carbons (Fsp3) is 0.417. The molecule has 4 aromatic rings. The second-order valence-electron chi connectivity index (χ2n) is 13.8. The number of benzene rings is 3. The van der Waals surface area contributed by atoms with Gasteiger partial charge in [-0.05, 0) is 77.6 Å². The number of aromatic nitrogens is 1. The number of pyridine rings is 1. The van der Waals surface area contributed by atoms with Gasteiger partial charge in [0, 0.05) is 37.3 Å². The van der Waals surface area contributed by atoms with Gasteiger partial charge < -0.3 is 34.5 Å². The number of amides is 2. The molecule has 0 aliphatic carbocycles. The van der Waals surface area contributed by atoms with Crippen LogP contribution in [-0.2, 0) is 4.74 Å². The van der Waals surface area contributed by atoms with Gasteiger partial charge >= 0.3 is 6.09 Å². The molecule has 0 saturated carbocycles. The molecular weight excluding hydrogens is 601 g/mol. The number of nitrogens with zero attached hydrogens (tertiary/aromatic N) is 3. The molecule has 2 N–H and O–H groups in total. The number of carbonyl (C=O) groups is 2. The van der Waals surface area contributed by atoms with Gasteiger partial charge in [-0.3, -0.25) is 9.59 Å². The number of likely N-dealkylation sites (tertiary alicyclic amines) is 1. The highest BCUT2D eigenvalue weighted by Gasteiger charge is 2.35. The van der Waals surface area contributed by atoms with Gasteiger partial charge in [-0.15, -0.1) is 0 Å². The van der Waals surface area contributed by atoms with Crippen molar-refractivity contribution in [2.24, 2.45) is 0 Å². The molecule has 4 heterocycles. The molecule has 246 valence electrons. The highest BCUT2D eigenvalue weighted by Crippen LogP contribution is 2.49. The summed E-state index contributed by atoms with van der Waals surface area (Å²) < 4.78 is 30.1. The van der Waals surface area contributed by atoms with Gasteiger partial charge in [0.15, 0.2) is 17.3 Å². The number of hydrogen-bond donors (Lipinski definition) is 2. The van der Waals surface area contributed by atoms with Gasteiger partial charge in [0.05, 0.1) is 17.1 Å². The number of carbonyl (C=O) groups excluding carboxylic acids is 2. The van der Waals surface area contributed by atoms with Crippen LogP contribution in [-0.4, -0.2) is 72.4 Å². The van der Waals surface area contributed by atoms with E-state index in [1.165, 1.54) is 6.07 Å². The minimum atomic E-state index is -0.646. The monoisotopic (exact) mass is 641 g/mol. The van der Waals surface area contributed by atoms with E-state index in [4.69, 9.17) is 9.47 Å². The summed E-state index contributed by atoms with van der Waals surface area (Å²) in [5, 5.41) is 7.64. The third-order valence-corrected chi connectivity index (χ3v) is 9.40. The van der Waals surface area contributed by atoms with E-state index in [-0.39, 0.29) is 28.4 Å². The molecule has 0 spiro atoms. The highest BCUT2D eigenvalue weighted by atomic mass is 19.1. The van der Waals surface area contributed by atoms with E-state index in [0.29, 0.717) is 49.1 Å². The number of ether oxygens (including phenoxy) is 2. The van der Waals surface area contributed by atoms with Crippen molar-refractivity contribution >= 4 is 39.4 Å². The number of alkyl carbamates (subject to hydrolysis) is 1. The van der Waals surface area contributed by atoms with Crippen LogP contribution in [0.1, 0.15) is 56.8 Å². The first-order valence-corrected chi connectivity index (χ1v) is 16.3. The molecule has 3 aliphatic heterocycles. The lowest BCUT2D eigenvalue weighted by molar-refractivity contribution is 0.0508. The molecule has 3 aliphatic rings. The lowest BCUT2D eigenvalue weighted by Gasteiger charge is -2.30. The SMILES string of the molecule is CN1CCCC1CCNC(=O)c1cn2c3c(c(N4CC[C@@H](NC(=O)OC(C)(C)C)C4)c(F)cc3c1=O)Oc1c-2ccc2ccccc12. The maximum absolute atomic E-state index is 16.3. The zero-order valence-electron chi connectivity index (χ0n) is 27.2. The molecule has 2 atom stereocenters. The summed E-state index contributed by atoms with van der Waals surface area (Å²) in [6, 6.07) is 12.9. The molecule has 3 aromatic carbocycles. The molecule has 47 heavy (non-hydrogen) atoms. The van der Waals surface area contributed by atoms with Gasteiger partial charge in [0.2, 0.25) is 5.43 Å². The molecule has 0 bridgehead atoms. The van der Waals surface area contributed by atoms with E-state index in [0.717, 1.165) is 36.6 Å². The van der Waals surface area contributed by atoms with Crippen LogP contribution in [0, 0.1) is 5.82 Å². The van der Waals surface area contributed by atoms with E-state index in [1.807, 2.05) is 41.3 Å². The van der Waals surface area contributed by atoms with Crippen LogP contribution in [0.2, 0.25) is 0 Å². The minimum absolute atomic E-state index is 0.0563. The Morgan fingerprint density at radius 3 is 2.64 bits per heavy atom. The van der Waals surface area contributed by atoms with Crippen molar-refractivity contribution in [3.63, 3.8) is 0 Å². The topological polar surface area (TPSA) is 105 Å². The summed E-state index contributed by atoms with van der Waals surface area (Å²) in [5.74, 6) is -0.419. The Bertz CT molecular complexity index is 1970. The first-order valence-electron chi connectivity index (χ1n) is 16.3. The van der Waals surface area contributed by atoms with Crippen LogP contribution in [0.25, 0.3) is 27.4 Å². The maximum atomic E-state index is 16.3. The third-order valence-electron chi connectivity index (χ3n) is 9.40. The van der Waals surface area contributed by atoms with Gasteiger partial charge in [0.25, 0.3) is 5.91 Å². The third kappa shape index (κ3) is 5.77. The van der Waals surface area contributed by atoms with Gasteiger partial charge in [0.1, 0.15) is 22.4 Å². The largest absolute Gasteiger partial charge is 0.450 e. The average molecular weight is 642 g/mol. The molecule has 10 nitrogen and oxygen atoms in total. The zero-order valence-corrected chi connectivity index (χ0v) is 27.2. The Hall–Kier alpha value is -4.64. The summed E-state index contributed by atoms with van der Waals surface area (Å²) in [7, 11) is 2.09. The number of halogens is 1. The van der Waals surface area contributed by atoms with Crippen molar-refractivity contribution in [3.8, 4) is 17.2 Å². The predicted molar refractivity (Wildman–Crippen MR) is 180 cm³/mol. The van der Waals surface area contributed by atoms with Crippen molar-refractivity contribution in [1.82, 2.24) is 20.1 Å². The maximum Gasteiger partial charge on any atom is 0.407 e. The van der Waals surface area contributed by atoms with Crippen LogP contribution in [0.15, 0.2) is 53.5 Å². The minimum Gasteiger partial charge on any atom is -0.450 e. The summed E-state index contributed by atoms with van der Waals surface area (Å²) in [4.78, 5) is 44.0. The normalized spacial score (nSPS) is 19.1. The molecule has 11 heteroatoms. The Balaban J connectivity index is 1.29. The van der Waals surface area contributed by atoms with Gasteiger partial charge in [-0.1, -0.05) is 30.3 Å². The van der Waals surface area contributed by atoms with E-state index in [9.17, 15) is 14.4 Å². The number of hydrogen-bond acceptors (Lipinski definition) is 7. The van der Waals surface area contributed by atoms with Crippen molar-refractivity contribution in [1.29, 1.82) is 0 Å². The van der Waals surface area contributed by atoms with E-state index in [1.54, 1.807) is 31.5 Å². The summed E-state index contributed by atoms with van der Waals surface area (Å²) in [5.41, 5.74) is -0.0207. The quantitative estimate of drug-likeness (QED) is 0.245. The van der Waals surface area contributed by atoms with E-state index in [2.05, 4.69) is 22.6 Å². The first kappa shape index (κ1) is 31.0. The first-order chi connectivity index (χ1) is 22.5. The second-order valence-corrected chi connectivity index (χ2v) is 13.8. The van der Waals surface area contributed by atoms with Crippen LogP contribution < -0.4 is 25.7 Å². The second kappa shape index (κ2) is 11.9. The summed E-state index contributed by atoms with van der Waals surface area (Å²) >= 11 is 0. The molecule has 1 aromatic heterocycles. The number of nitrogens with one attached hydrogen (secondary N) is 2. The van der Waals surface area contributed by atoms with Crippen LogP contribution in [0.3, 0.4) is 0 Å². The molecule has 2 fully saturated rings. The van der Waals surface area contributed by atoms with E-state index < -0.39 is 28.8 Å². The van der Waals surface area contributed by atoms with Crippen LogP contribution in [0.4, 0.5) is 14.9 Å². The summed E-state index contributed by atoms with van der Waals surface area (Å²) in [6.45, 7) is 7.63. The summed E-state index contributed by atoms with van der Waals surface area (Å²) in [6.07, 6.45) is 4.59. The molecular formula is C36H40FN5O5. The number of anilines is 1. The van der Waals surface area contributed by atoms with E-state index >= 15 is 4.39 Å². The Morgan fingerprint density at radius 2 is 1.87 bits per heavy atom. The van der Waals surface area contributed by atoms with Crippen molar-refractivity contribution in [2.45, 2.75) is 64.1 Å². The standard InChI is InChI=1S/C36H40FN5O5/c1-36(2,3)47-35(45)39-22-14-17-41(19-22)30-27(37)18-25-29-33(30)46-32-24-10-6-5-8-21(24)11-12-28(32)42(29)20-26(31(25)43)34(44)38-15-13-23-9-7-16-40(23)4/h5-6,8,10-12,18,20,22-23H,7,9,13-17,19H2,1-4H3,(H,38,44)(H,39,45)/t22-,23?/m1/s1. The molecule has 0 radical (unpaired) electrons. The Morgan fingerprint density at radius 1 is 1.06 bits per heavy atom. The molecule has 2 amide bonds. The van der Waals surface area contributed by atoms with Crippen molar-refractivity contribution in [2.75, 3.05) is 38.1 Å². The predicted octanol–water partition coefficient (Wildman–Crippen LogP) is 5.71. The fourth-order valence-corrected chi connectivity index (χ4v) is 7.14. The lowest BCUT2D eigenvalue weighted by atomic mass is 10.0. The zero-order chi connectivity index (χ0) is 33.0. The molecule has 2 saturated heterocycles. The Labute approximate surface area is 272 Å². The van der Waals surface area contributed by atoms with Gasteiger partial charge in [-0.25, -0.2) is 9.18 Å². The highest BCUT2D eigenvalue weighted by molar-refractivity contribution is 6.03. The number of rotatable bonds is 6. The number of fused-ring (bicyclic) bond motifs is 4. The van der Waals surface area contributed by atoms with Crippen LogP contribution >= 0.6 is 0 Å².